The second kappa shape index (κ2) is 10.6. The average Bonchev–Trinajstić information content (AvgIpc) is 3.36. The summed E-state index contributed by atoms with van der Waals surface area (Å²) in [4.78, 5) is 35.4. The van der Waals surface area contributed by atoms with E-state index in [9.17, 15) is 19.7 Å². The predicted molar refractivity (Wildman–Crippen MR) is 140 cm³/mol. The zero-order valence-corrected chi connectivity index (χ0v) is 19.8. The number of aryl methyl sites for hydroxylation is 1. The van der Waals surface area contributed by atoms with Crippen molar-refractivity contribution >= 4 is 46.2 Å². The Balaban J connectivity index is 1.33. The Morgan fingerprint density at radius 3 is 2.25 bits per heavy atom. The van der Waals surface area contributed by atoms with Gasteiger partial charge < -0.3 is 15.1 Å². The molecule has 0 atom stereocenters. The van der Waals surface area contributed by atoms with E-state index in [2.05, 4.69) is 16.0 Å². The first-order chi connectivity index (χ1) is 17.3. The lowest BCUT2D eigenvalue weighted by atomic mass is 10.1. The van der Waals surface area contributed by atoms with E-state index in [-0.39, 0.29) is 22.5 Å². The summed E-state index contributed by atoms with van der Waals surface area (Å²) in [5, 5.41) is 19.3. The molecule has 0 bridgehead atoms. The zero-order chi connectivity index (χ0) is 25.7. The molecule has 3 N–H and O–H groups in total. The summed E-state index contributed by atoms with van der Waals surface area (Å²) in [6, 6.07) is 23.0. The van der Waals surface area contributed by atoms with Crippen LogP contribution < -0.4 is 16.0 Å². The summed E-state index contributed by atoms with van der Waals surface area (Å²) in [6.07, 6.45) is 0. The molecule has 0 saturated heterocycles. The van der Waals surface area contributed by atoms with Crippen molar-refractivity contribution in [1.82, 2.24) is 5.32 Å². The Morgan fingerprint density at radius 2 is 1.56 bits per heavy atom. The van der Waals surface area contributed by atoms with Crippen molar-refractivity contribution < 1.29 is 18.9 Å². The first-order valence-corrected chi connectivity index (χ1v) is 11.1. The smallest absolute Gasteiger partial charge is 0.293 e. The number of nitrogens with zero attached hydrogens (tertiary/aromatic N) is 1. The molecule has 0 aliphatic rings. The number of hydrogen-bond acceptors (Lipinski definition) is 6. The molecule has 36 heavy (non-hydrogen) atoms. The van der Waals surface area contributed by atoms with Crippen LogP contribution in [-0.4, -0.2) is 21.9 Å². The molecule has 4 rings (SSSR count). The lowest BCUT2D eigenvalue weighted by molar-refractivity contribution is -0.384. The second-order valence-corrected chi connectivity index (χ2v) is 8.19. The highest BCUT2D eigenvalue weighted by molar-refractivity contribution is 7.80. The third-order valence-electron chi connectivity index (χ3n) is 5.08. The molecule has 9 nitrogen and oxygen atoms in total. The van der Waals surface area contributed by atoms with Crippen LogP contribution in [0.15, 0.2) is 89.3 Å². The number of rotatable bonds is 6. The SMILES string of the molecule is Cc1cccc(C(=O)Nc2ccc(NC(=S)NC(=O)c3ccc(-c4cccc([N+](=O)[O-])c4)o3)cc2)c1. The van der Waals surface area contributed by atoms with Crippen molar-refractivity contribution in [3.8, 4) is 11.3 Å². The maximum Gasteiger partial charge on any atom is 0.293 e. The highest BCUT2D eigenvalue weighted by atomic mass is 32.1. The van der Waals surface area contributed by atoms with Crippen molar-refractivity contribution in [1.29, 1.82) is 0 Å². The number of nitrogens with one attached hydrogen (secondary N) is 3. The summed E-state index contributed by atoms with van der Waals surface area (Å²) in [5.74, 6) is -0.489. The van der Waals surface area contributed by atoms with Gasteiger partial charge in [0.05, 0.1) is 4.92 Å². The summed E-state index contributed by atoms with van der Waals surface area (Å²) in [7, 11) is 0. The van der Waals surface area contributed by atoms with Gasteiger partial charge in [-0.2, -0.15) is 0 Å². The van der Waals surface area contributed by atoms with E-state index in [1.54, 1.807) is 48.5 Å². The molecule has 10 heteroatoms. The van der Waals surface area contributed by atoms with Crippen molar-refractivity contribution in [3.63, 3.8) is 0 Å². The first kappa shape index (κ1) is 24.3. The molecule has 0 radical (unpaired) electrons. The number of furan rings is 1. The molecule has 0 spiro atoms. The fraction of sp³-hybridized carbons (Fsp3) is 0.0385. The van der Waals surface area contributed by atoms with Gasteiger partial charge in [-0.1, -0.05) is 29.8 Å². The standard InChI is InChI=1S/C26H20N4O5S/c1-16-4-2-6-18(14-16)24(31)27-19-8-10-20(11-9-19)28-26(36)29-25(32)23-13-12-22(35-23)17-5-3-7-21(15-17)30(33)34/h2-15H,1H3,(H,27,31)(H2,28,29,32,36). The van der Waals surface area contributed by atoms with Crippen LogP contribution in [0, 0.1) is 17.0 Å². The highest BCUT2D eigenvalue weighted by Gasteiger charge is 2.15. The number of carbonyl (C=O) groups is 2. The van der Waals surface area contributed by atoms with Crippen LogP contribution in [0.4, 0.5) is 17.1 Å². The molecule has 1 heterocycles. The molecular weight excluding hydrogens is 480 g/mol. The van der Waals surface area contributed by atoms with Gasteiger partial charge in [-0.15, -0.1) is 0 Å². The van der Waals surface area contributed by atoms with Crippen molar-refractivity contribution in [3.05, 3.63) is 112 Å². The van der Waals surface area contributed by atoms with E-state index < -0.39 is 10.8 Å². The van der Waals surface area contributed by atoms with E-state index >= 15 is 0 Å². The lowest BCUT2D eigenvalue weighted by Gasteiger charge is -2.10. The predicted octanol–water partition coefficient (Wildman–Crippen LogP) is 5.54. The van der Waals surface area contributed by atoms with Crippen molar-refractivity contribution in [2.24, 2.45) is 0 Å². The molecule has 2 amide bonds. The minimum absolute atomic E-state index is 0.00475. The zero-order valence-electron chi connectivity index (χ0n) is 19.0. The number of benzene rings is 3. The molecule has 1 aromatic heterocycles. The topological polar surface area (TPSA) is 127 Å². The van der Waals surface area contributed by atoms with Gasteiger partial charge in [0, 0.05) is 34.6 Å². The first-order valence-electron chi connectivity index (χ1n) is 10.7. The number of carbonyl (C=O) groups excluding carboxylic acids is 2. The summed E-state index contributed by atoms with van der Waals surface area (Å²) >= 11 is 5.21. The van der Waals surface area contributed by atoms with E-state index in [4.69, 9.17) is 16.6 Å². The number of non-ortho nitro benzene ring substituents is 1. The number of hydrogen-bond donors (Lipinski definition) is 3. The Morgan fingerprint density at radius 1 is 0.861 bits per heavy atom. The molecule has 0 aliphatic heterocycles. The molecule has 4 aromatic rings. The number of anilines is 2. The maximum atomic E-state index is 12.5. The quantitative estimate of drug-likeness (QED) is 0.180. The third-order valence-corrected chi connectivity index (χ3v) is 5.28. The molecule has 0 aliphatic carbocycles. The number of thiocarbonyl (C=S) groups is 1. The Bertz CT molecular complexity index is 1460. The largest absolute Gasteiger partial charge is 0.451 e. The number of nitro groups is 1. The van der Waals surface area contributed by atoms with Gasteiger partial charge in [-0.3, -0.25) is 25.0 Å². The Hall–Kier alpha value is -4.83. The third kappa shape index (κ3) is 5.99. The summed E-state index contributed by atoms with van der Waals surface area (Å²) in [6.45, 7) is 1.92. The van der Waals surface area contributed by atoms with Crippen LogP contribution in [0.3, 0.4) is 0 Å². The minimum atomic E-state index is -0.578. The fourth-order valence-corrected chi connectivity index (χ4v) is 3.55. The Kier molecular flexibility index (Phi) is 7.17. The van der Waals surface area contributed by atoms with Crippen LogP contribution >= 0.6 is 12.2 Å². The van der Waals surface area contributed by atoms with Gasteiger partial charge in [0.25, 0.3) is 17.5 Å². The van der Waals surface area contributed by atoms with E-state index in [1.165, 1.54) is 24.3 Å². The average molecular weight is 501 g/mol. The number of amides is 2. The summed E-state index contributed by atoms with van der Waals surface area (Å²) < 4.78 is 5.55. The molecule has 180 valence electrons. The van der Waals surface area contributed by atoms with Crippen LogP contribution in [0.25, 0.3) is 11.3 Å². The van der Waals surface area contributed by atoms with Gasteiger partial charge >= 0.3 is 0 Å². The molecule has 0 fully saturated rings. The lowest BCUT2D eigenvalue weighted by Crippen LogP contribution is -2.33. The van der Waals surface area contributed by atoms with Gasteiger partial charge in [0.2, 0.25) is 0 Å². The number of nitro benzene ring substituents is 1. The van der Waals surface area contributed by atoms with E-state index in [0.29, 0.717) is 28.3 Å². The molecule has 0 saturated carbocycles. The highest BCUT2D eigenvalue weighted by Crippen LogP contribution is 2.25. The van der Waals surface area contributed by atoms with Crippen molar-refractivity contribution in [2.45, 2.75) is 6.92 Å². The molecule has 3 aromatic carbocycles. The minimum Gasteiger partial charge on any atom is -0.451 e. The molecule has 0 unspecified atom stereocenters. The maximum absolute atomic E-state index is 12.5. The molecular formula is C26H20N4O5S. The van der Waals surface area contributed by atoms with Gasteiger partial charge in [0.15, 0.2) is 10.9 Å². The van der Waals surface area contributed by atoms with E-state index in [1.807, 2.05) is 19.1 Å². The van der Waals surface area contributed by atoms with Crippen LogP contribution in [-0.2, 0) is 0 Å². The second-order valence-electron chi connectivity index (χ2n) is 7.78. The summed E-state index contributed by atoms with van der Waals surface area (Å²) in [5.41, 5.74) is 3.15. The monoisotopic (exact) mass is 500 g/mol. The fourth-order valence-electron chi connectivity index (χ4n) is 3.34. The Labute approximate surface area is 211 Å². The van der Waals surface area contributed by atoms with Crippen molar-refractivity contribution in [2.75, 3.05) is 10.6 Å². The van der Waals surface area contributed by atoms with Gasteiger partial charge in [-0.05, 0) is 67.7 Å². The van der Waals surface area contributed by atoms with Crippen LogP contribution in [0.1, 0.15) is 26.5 Å². The van der Waals surface area contributed by atoms with E-state index in [0.717, 1.165) is 5.56 Å². The van der Waals surface area contributed by atoms with Crippen LogP contribution in [0.2, 0.25) is 0 Å². The normalized spacial score (nSPS) is 10.4. The van der Waals surface area contributed by atoms with Crippen LogP contribution in [0.5, 0.6) is 0 Å². The van der Waals surface area contributed by atoms with Gasteiger partial charge in [-0.25, -0.2) is 0 Å². The van der Waals surface area contributed by atoms with Gasteiger partial charge in [0.1, 0.15) is 5.76 Å².